The lowest BCUT2D eigenvalue weighted by Gasteiger charge is -2.15. The Morgan fingerprint density at radius 1 is 1.04 bits per heavy atom. The van der Waals surface area contributed by atoms with Crippen LogP contribution >= 0.6 is 0 Å². The van der Waals surface area contributed by atoms with E-state index in [1.807, 2.05) is 35.1 Å². The largest absolute Gasteiger partial charge is 0.497 e. The molecule has 0 amide bonds. The SMILES string of the molecule is COc1ccc2c(c1)cc(CN(C)Cc1cn(Cc3ccccc3)nn1)n2C. The van der Waals surface area contributed by atoms with Crippen molar-refractivity contribution < 1.29 is 4.74 Å². The van der Waals surface area contributed by atoms with Gasteiger partial charge in [-0.2, -0.15) is 0 Å². The van der Waals surface area contributed by atoms with Crippen molar-refractivity contribution >= 4 is 10.9 Å². The Kier molecular flexibility index (Phi) is 5.12. The van der Waals surface area contributed by atoms with Gasteiger partial charge in [0, 0.05) is 36.7 Å². The summed E-state index contributed by atoms with van der Waals surface area (Å²) in [6.07, 6.45) is 2.02. The topological polar surface area (TPSA) is 48.1 Å². The molecule has 0 spiro atoms. The Morgan fingerprint density at radius 3 is 2.64 bits per heavy atom. The Labute approximate surface area is 165 Å². The molecular weight excluding hydrogens is 350 g/mol. The summed E-state index contributed by atoms with van der Waals surface area (Å²) in [4.78, 5) is 2.25. The summed E-state index contributed by atoms with van der Waals surface area (Å²) in [5.74, 6) is 0.882. The summed E-state index contributed by atoms with van der Waals surface area (Å²) in [6, 6.07) is 18.7. The average Bonchev–Trinajstić information content (AvgIpc) is 3.26. The van der Waals surface area contributed by atoms with Crippen molar-refractivity contribution in [3.8, 4) is 5.75 Å². The molecular formula is C22H25N5O. The number of aryl methyl sites for hydroxylation is 1. The smallest absolute Gasteiger partial charge is 0.119 e. The number of aromatic nitrogens is 4. The fraction of sp³-hybridized carbons (Fsp3) is 0.273. The molecule has 0 fully saturated rings. The van der Waals surface area contributed by atoms with Gasteiger partial charge in [0.1, 0.15) is 5.75 Å². The van der Waals surface area contributed by atoms with Gasteiger partial charge in [-0.3, -0.25) is 4.90 Å². The first-order valence-corrected chi connectivity index (χ1v) is 9.36. The second-order valence-electron chi connectivity index (χ2n) is 7.18. The average molecular weight is 375 g/mol. The second kappa shape index (κ2) is 7.86. The summed E-state index contributed by atoms with van der Waals surface area (Å²) < 4.78 is 9.46. The van der Waals surface area contributed by atoms with E-state index in [9.17, 15) is 0 Å². The zero-order valence-electron chi connectivity index (χ0n) is 16.5. The highest BCUT2D eigenvalue weighted by Crippen LogP contribution is 2.24. The van der Waals surface area contributed by atoms with Crippen molar-refractivity contribution in [1.82, 2.24) is 24.5 Å². The molecule has 4 rings (SSSR count). The number of hydrogen-bond donors (Lipinski definition) is 0. The third-order valence-electron chi connectivity index (χ3n) is 4.99. The summed E-state index contributed by atoms with van der Waals surface area (Å²) in [6.45, 7) is 2.32. The van der Waals surface area contributed by atoms with Gasteiger partial charge in [0.2, 0.25) is 0 Å². The molecule has 6 heteroatoms. The maximum Gasteiger partial charge on any atom is 0.119 e. The Morgan fingerprint density at radius 2 is 1.86 bits per heavy atom. The van der Waals surface area contributed by atoms with Crippen molar-refractivity contribution in [2.45, 2.75) is 19.6 Å². The summed E-state index contributed by atoms with van der Waals surface area (Å²) in [5.41, 5.74) is 4.65. The first-order chi connectivity index (χ1) is 13.6. The minimum atomic E-state index is 0.739. The van der Waals surface area contributed by atoms with E-state index in [1.54, 1.807) is 7.11 Å². The third-order valence-corrected chi connectivity index (χ3v) is 4.99. The van der Waals surface area contributed by atoms with Crippen LogP contribution in [0.25, 0.3) is 10.9 Å². The van der Waals surface area contributed by atoms with Crippen molar-refractivity contribution in [3.63, 3.8) is 0 Å². The molecule has 0 N–H and O–H groups in total. The highest BCUT2D eigenvalue weighted by molar-refractivity contribution is 5.82. The highest BCUT2D eigenvalue weighted by Gasteiger charge is 2.11. The Bertz CT molecular complexity index is 1070. The van der Waals surface area contributed by atoms with Crippen molar-refractivity contribution in [2.24, 2.45) is 7.05 Å². The van der Waals surface area contributed by atoms with Crippen molar-refractivity contribution in [3.05, 3.63) is 77.7 Å². The van der Waals surface area contributed by atoms with Crippen LogP contribution in [0.5, 0.6) is 5.75 Å². The molecule has 0 bridgehead atoms. The molecule has 0 aliphatic rings. The van der Waals surface area contributed by atoms with Crippen LogP contribution in [-0.2, 0) is 26.7 Å². The van der Waals surface area contributed by atoms with Gasteiger partial charge in [-0.1, -0.05) is 35.5 Å². The molecule has 0 radical (unpaired) electrons. The van der Waals surface area contributed by atoms with Gasteiger partial charge >= 0.3 is 0 Å². The molecule has 2 heterocycles. The van der Waals surface area contributed by atoms with E-state index in [0.29, 0.717) is 0 Å². The zero-order valence-corrected chi connectivity index (χ0v) is 16.5. The van der Waals surface area contributed by atoms with Crippen LogP contribution in [0.3, 0.4) is 0 Å². The molecule has 0 unspecified atom stereocenters. The third kappa shape index (κ3) is 3.92. The number of hydrogen-bond acceptors (Lipinski definition) is 4. The van der Waals surface area contributed by atoms with Gasteiger partial charge in [0.05, 0.1) is 25.5 Å². The zero-order chi connectivity index (χ0) is 19.5. The van der Waals surface area contributed by atoms with E-state index in [-0.39, 0.29) is 0 Å². The highest BCUT2D eigenvalue weighted by atomic mass is 16.5. The van der Waals surface area contributed by atoms with Gasteiger partial charge in [-0.25, -0.2) is 4.68 Å². The van der Waals surface area contributed by atoms with Crippen LogP contribution < -0.4 is 4.74 Å². The maximum absolute atomic E-state index is 5.34. The molecule has 144 valence electrons. The number of nitrogens with zero attached hydrogens (tertiary/aromatic N) is 5. The van der Waals surface area contributed by atoms with E-state index in [1.165, 1.54) is 22.2 Å². The molecule has 0 saturated heterocycles. The predicted octanol–water partition coefficient (Wildman–Crippen LogP) is 3.46. The maximum atomic E-state index is 5.34. The van der Waals surface area contributed by atoms with E-state index in [0.717, 1.165) is 31.1 Å². The summed E-state index contributed by atoms with van der Waals surface area (Å²) in [7, 11) is 5.91. The van der Waals surface area contributed by atoms with Gasteiger partial charge in [0.25, 0.3) is 0 Å². The van der Waals surface area contributed by atoms with Crippen molar-refractivity contribution in [1.29, 1.82) is 0 Å². The first-order valence-electron chi connectivity index (χ1n) is 9.36. The number of ether oxygens (including phenoxy) is 1. The van der Waals surface area contributed by atoms with Crippen LogP contribution in [-0.4, -0.2) is 38.6 Å². The molecule has 6 nitrogen and oxygen atoms in total. The minimum absolute atomic E-state index is 0.739. The monoisotopic (exact) mass is 375 g/mol. The van der Waals surface area contributed by atoms with E-state index in [4.69, 9.17) is 4.74 Å². The number of rotatable bonds is 7. The Hall–Kier alpha value is -3.12. The number of methoxy groups -OCH3 is 1. The standard InChI is InChI=1S/C22H25N5O/c1-25(14-19-15-27(24-23-19)13-17-7-5-4-6-8-17)16-20-11-18-12-21(28-3)9-10-22(18)26(20)2/h4-12,15H,13-14,16H2,1-3H3. The number of benzene rings is 2. The van der Waals surface area contributed by atoms with E-state index < -0.39 is 0 Å². The summed E-state index contributed by atoms with van der Waals surface area (Å²) in [5, 5.41) is 9.79. The van der Waals surface area contributed by atoms with Gasteiger partial charge in [-0.05, 0) is 36.9 Å². The fourth-order valence-corrected chi connectivity index (χ4v) is 3.53. The molecule has 28 heavy (non-hydrogen) atoms. The molecule has 2 aromatic heterocycles. The second-order valence-corrected chi connectivity index (χ2v) is 7.18. The van der Waals surface area contributed by atoms with Crippen LogP contribution in [0.2, 0.25) is 0 Å². The lowest BCUT2D eigenvalue weighted by atomic mass is 10.2. The van der Waals surface area contributed by atoms with Crippen LogP contribution in [0.4, 0.5) is 0 Å². The molecule has 4 aromatic rings. The van der Waals surface area contributed by atoms with Gasteiger partial charge in [0.15, 0.2) is 0 Å². The molecule has 0 atom stereocenters. The normalized spacial score (nSPS) is 11.4. The molecule has 0 saturated carbocycles. The lowest BCUT2D eigenvalue weighted by Crippen LogP contribution is -2.19. The molecule has 2 aromatic carbocycles. The minimum Gasteiger partial charge on any atom is -0.497 e. The molecule has 0 aliphatic heterocycles. The van der Waals surface area contributed by atoms with Crippen LogP contribution in [0, 0.1) is 0 Å². The van der Waals surface area contributed by atoms with Crippen LogP contribution in [0.1, 0.15) is 17.0 Å². The van der Waals surface area contributed by atoms with E-state index >= 15 is 0 Å². The van der Waals surface area contributed by atoms with Crippen molar-refractivity contribution in [2.75, 3.05) is 14.2 Å². The predicted molar refractivity (Wildman–Crippen MR) is 110 cm³/mol. The van der Waals surface area contributed by atoms with Gasteiger partial charge in [-0.15, -0.1) is 5.10 Å². The van der Waals surface area contributed by atoms with E-state index in [2.05, 4.69) is 64.2 Å². The van der Waals surface area contributed by atoms with Crippen LogP contribution in [0.15, 0.2) is 60.8 Å². The number of fused-ring (bicyclic) bond motifs is 1. The van der Waals surface area contributed by atoms with Gasteiger partial charge < -0.3 is 9.30 Å². The Balaban J connectivity index is 1.42. The first kappa shape index (κ1) is 18.3. The lowest BCUT2D eigenvalue weighted by molar-refractivity contribution is 0.308. The summed E-state index contributed by atoms with van der Waals surface area (Å²) >= 11 is 0. The molecule has 0 aliphatic carbocycles. The fourth-order valence-electron chi connectivity index (χ4n) is 3.53. The quantitative estimate of drug-likeness (QED) is 0.496.